The summed E-state index contributed by atoms with van der Waals surface area (Å²) in [6.07, 6.45) is -28.1. The van der Waals surface area contributed by atoms with Crippen molar-refractivity contribution in [3.05, 3.63) is 146 Å². The van der Waals surface area contributed by atoms with Crippen molar-refractivity contribution in [2.75, 3.05) is 92.5 Å². The average Bonchev–Trinajstić information content (AvgIpc) is 0.685. The number of ether oxygens (including phenoxy) is 1. The topological polar surface area (TPSA) is 138 Å². The molecule has 0 atom stereocenters. The zero-order valence-corrected chi connectivity index (χ0v) is 89.3. The normalized spacial score (nSPS) is 13.2. The molecule has 4 rings (SSSR count). The number of alkyl halides is 24. The Morgan fingerprint density at radius 1 is 0.255 bits per heavy atom. The second kappa shape index (κ2) is 59.0. The van der Waals surface area contributed by atoms with E-state index in [-0.39, 0.29) is 66.1 Å². The molecule has 4 aromatic carbocycles. The van der Waals surface area contributed by atoms with Crippen molar-refractivity contribution in [1.29, 1.82) is 0 Å². The molecule has 0 amide bonds. The van der Waals surface area contributed by atoms with E-state index in [1.54, 1.807) is 0 Å². The van der Waals surface area contributed by atoms with E-state index in [1.807, 2.05) is 0 Å². The van der Waals surface area contributed by atoms with Gasteiger partial charge in [0.05, 0.1) is 21.1 Å². The molecule has 15 nitrogen and oxygen atoms in total. The first-order valence-corrected chi connectivity index (χ1v) is 61.7. The van der Waals surface area contributed by atoms with Gasteiger partial charge in [-0.1, -0.05) is 66.5 Å². The van der Waals surface area contributed by atoms with Crippen LogP contribution in [0.3, 0.4) is 0 Å². The van der Waals surface area contributed by atoms with Crippen LogP contribution < -0.4 is 20.0 Å². The fourth-order valence-corrected chi connectivity index (χ4v) is 32.3. The molecule has 0 N–H and O–H groups in total. The Hall–Kier alpha value is -4.36. The summed E-state index contributed by atoms with van der Waals surface area (Å²) >= 11 is 28.2. The van der Waals surface area contributed by atoms with Crippen LogP contribution in [0.2, 0.25) is 0 Å². The Morgan fingerprint density at radius 3 is 0.711 bits per heavy atom. The van der Waals surface area contributed by atoms with Gasteiger partial charge in [-0.3, -0.25) is 0 Å². The van der Waals surface area contributed by atoms with Crippen LogP contribution >= 0.6 is 76.5 Å². The van der Waals surface area contributed by atoms with Crippen molar-refractivity contribution < 1.29 is 289 Å². The summed E-state index contributed by atoms with van der Waals surface area (Å²) < 4.78 is 735. The third kappa shape index (κ3) is 33.2. The third-order valence-corrected chi connectivity index (χ3v) is 44.5. The summed E-state index contributed by atoms with van der Waals surface area (Å²) in [6.45, 7) is 13.5. The zero-order chi connectivity index (χ0) is 119. The number of hydrogen-bond donors (Lipinski definition) is 0. The molecule has 0 aliphatic rings. The van der Waals surface area contributed by atoms with Crippen LogP contribution in [0.25, 0.3) is 5.83 Å². The first-order valence-electron chi connectivity index (χ1n) is 39.2. The van der Waals surface area contributed by atoms with Crippen molar-refractivity contribution in [3.63, 3.8) is 0 Å². The van der Waals surface area contributed by atoms with E-state index in [0.29, 0.717) is 13.8 Å². The fourth-order valence-electron chi connectivity index (χ4n) is 9.87. The summed E-state index contributed by atoms with van der Waals surface area (Å²) in [4.78, 5) is 0. The minimum atomic E-state index is -8.70. The molecular weight excluding hydrogens is 2530 g/mol. The van der Waals surface area contributed by atoms with Crippen LogP contribution in [0.1, 0.15) is 108 Å². The van der Waals surface area contributed by atoms with Crippen LogP contribution in [0, 0.1) is 105 Å². The van der Waals surface area contributed by atoms with Gasteiger partial charge in [-0.15, -0.1) is 0 Å². The summed E-state index contributed by atoms with van der Waals surface area (Å²) in [6, 6.07) is -3.14. The van der Waals surface area contributed by atoms with Crippen molar-refractivity contribution in [3.8, 4) is 0 Å². The SMILES string of the molecule is CCO[Si](Cl)(OCC)C(F)(F)C(F)(F)C(F)(F)C(F)(F)C(F)(F)C(F)(F)C(F)(F)C(F)(F)F.CCO[Si](Cl)(OCC)C(F)(F)C(F)(F)OC(F)=C(F)F.CCO[Si](Cl)(OCC)C(F)=C(F)F.CCO[Si](Cl)(OCC)c1c(F)c(F)c(C(F)(F)F)c(F)c1F.CCO[Si](Cl)(OCC)c1c(F)c(F)c(C(F)=C(F)F)c(F)c1F.CCO[Si](Cl)(OCC)c1c(F)c(F)c(F)c(F)c1F.CC[O][Ge]([Cl])([O]CC)[c]1c(F)c(F)c(F)c(F)c1F. The Balaban J connectivity index is -0.00000169. The van der Waals surface area contributed by atoms with Crippen LogP contribution in [-0.4, -0.2) is 212 Å². The second-order valence-electron chi connectivity index (χ2n) is 25.6. The number of hydrogen-bond acceptors (Lipinski definition) is 15. The first kappa shape index (κ1) is 149. The van der Waals surface area contributed by atoms with Gasteiger partial charge in [0.15, 0.2) is 69.8 Å². The van der Waals surface area contributed by atoms with Gasteiger partial charge in [0, 0.05) is 79.3 Å². The zero-order valence-electron chi connectivity index (χ0n) is 75.9. The molecule has 0 unspecified atom stereocenters. The van der Waals surface area contributed by atoms with E-state index in [0.717, 1.165) is 0 Å². The molecule has 0 aromatic heterocycles. The summed E-state index contributed by atoms with van der Waals surface area (Å²) in [7, 11) is -23.3. The van der Waals surface area contributed by atoms with Gasteiger partial charge in [-0.25, -0.2) is 65.9 Å². The van der Waals surface area contributed by atoms with Crippen LogP contribution in [0.15, 0.2) is 29.7 Å². The number of benzene rings is 4. The quantitative estimate of drug-likeness (QED) is 0.0104. The standard InChI is InChI=1S/C12H10ClF17O2Si.C12H10ClF7O2Si.C11H10ClF7O2Si.C10H10ClF5GeO2.C10H10ClF5O2Si.C8H10ClF7O3Si.C6H10ClF3O2Si/c1-3-31-33(13,32-4-2)12(29,30)10(24,25)8(20,21)6(16,17)5(14,15)7(18,19)9(22,23)11(26,27)28;1-3-21-23(13,22-4-2)11-9(17)6(14)5(7(15)10(11)18)8(16)12(19)20;1-3-20-22(12,21-4-2)10-8(15)6(13)5(11(17,18)19)7(14)9(10)16;1-3-18-17(11,19-4-2)10-8(15)6(13)5(12)7(14)9(10)16;1-3-17-19(11,18-4-2)10-8(15)6(13)5(12)7(14)9(10)16;1-3-17-20(9,18-4-2)8(15,16)7(13,14)19-6(12)5(10)11;1-3-11-13(7,12-4-2)6(10)5(8)9/h3-4H2,1-2H3;3-4H2,1-2H3;3-4H2,1-2H3;2*3-4H2,1-2H3;3-4H2,1-2H3;3-4H2,1-2H3. The van der Waals surface area contributed by atoms with Gasteiger partial charge in [0.25, 0.3) is 0 Å². The monoisotopic (exact) mass is 2590 g/mol. The van der Waals surface area contributed by atoms with Crippen LogP contribution in [-0.2, 0) is 71.6 Å². The molecule has 0 fully saturated rings. The Kier molecular flexibility index (Phi) is 58.9. The second-order valence-corrected chi connectivity index (χ2v) is 54.8. The van der Waals surface area contributed by atoms with E-state index in [1.165, 1.54) is 83.1 Å². The molecule has 0 radical (unpaired) electrons. The van der Waals surface area contributed by atoms with Gasteiger partial charge in [0.1, 0.15) is 5.56 Å². The Labute approximate surface area is 847 Å². The van der Waals surface area contributed by atoms with E-state index in [2.05, 4.69) is 31.3 Å². The molecule has 0 aliphatic heterocycles. The molecule has 0 heterocycles. The minimum absolute atomic E-state index is 0.0242. The first-order chi connectivity index (χ1) is 67.3. The van der Waals surface area contributed by atoms with Gasteiger partial charge in [0.2, 0.25) is 17.1 Å². The van der Waals surface area contributed by atoms with Gasteiger partial charge in [-0.05, 0) is 83.1 Å². The summed E-state index contributed by atoms with van der Waals surface area (Å²) in [5.41, 5.74) is -18.8. The van der Waals surface area contributed by atoms with Crippen molar-refractivity contribution in [1.82, 2.24) is 0 Å². The molecule has 4 aromatic rings. The summed E-state index contributed by atoms with van der Waals surface area (Å²) in [5.74, 6) is -92.9. The maximum absolute atomic E-state index is 14.1. The summed E-state index contributed by atoms with van der Waals surface area (Å²) in [5, 5.41) is -4.12. The molecule has 0 saturated carbocycles. The molecular formula is C69H70Cl7F51GeO15Si6. The third-order valence-electron chi connectivity index (χ3n) is 16.1. The Morgan fingerprint density at radius 2 is 0.483 bits per heavy atom. The molecule has 870 valence electrons. The van der Waals surface area contributed by atoms with E-state index in [9.17, 15) is 224 Å². The predicted molar refractivity (Wildman–Crippen MR) is 435 cm³/mol. The fraction of sp³-hybridized carbons (Fsp3) is 0.565. The van der Waals surface area contributed by atoms with Crippen molar-refractivity contribution in [2.45, 2.75) is 162 Å². The Bertz CT molecular complexity index is 4860. The number of halogens is 58. The average molecular weight is 2600 g/mol. The van der Waals surface area contributed by atoms with Gasteiger partial charge >= 0.3 is 250 Å². The van der Waals surface area contributed by atoms with E-state index in [4.69, 9.17) is 111 Å². The van der Waals surface area contributed by atoms with Gasteiger partial charge < -0.3 is 57.8 Å². The van der Waals surface area contributed by atoms with E-state index >= 15 is 0 Å². The number of rotatable bonds is 45. The maximum atomic E-state index is 14.1. The molecule has 0 spiro atoms. The van der Waals surface area contributed by atoms with Crippen molar-refractivity contribution >= 4 is 163 Å². The van der Waals surface area contributed by atoms with Gasteiger partial charge in [-0.2, -0.15) is 136 Å². The molecule has 0 saturated heterocycles. The van der Waals surface area contributed by atoms with Crippen LogP contribution in [0.5, 0.6) is 0 Å². The molecule has 0 aliphatic carbocycles. The predicted octanol–water partition coefficient (Wildman–Crippen LogP) is 27.3. The van der Waals surface area contributed by atoms with E-state index < -0.39 is 323 Å². The molecule has 149 heavy (non-hydrogen) atoms. The molecule has 0 bridgehead atoms. The molecule has 80 heteroatoms. The van der Waals surface area contributed by atoms with Crippen LogP contribution in [0.4, 0.5) is 224 Å². The van der Waals surface area contributed by atoms with Crippen molar-refractivity contribution in [2.24, 2.45) is 0 Å².